The lowest BCUT2D eigenvalue weighted by Gasteiger charge is -2.22. The molecule has 3 heterocycles. The summed E-state index contributed by atoms with van der Waals surface area (Å²) in [7, 11) is 2.11. The second kappa shape index (κ2) is 7.25. The van der Waals surface area contributed by atoms with Crippen LogP contribution in [0, 0.1) is 6.92 Å². The molecule has 126 valence electrons. The first-order valence-corrected chi connectivity index (χ1v) is 8.84. The Balaban J connectivity index is 1.92. The molecule has 0 spiro atoms. The predicted octanol–water partition coefficient (Wildman–Crippen LogP) is 2.65. The molecule has 1 fully saturated rings. The zero-order chi connectivity index (χ0) is 16.2. The third-order valence-electron chi connectivity index (χ3n) is 4.41. The van der Waals surface area contributed by atoms with Gasteiger partial charge in [0.1, 0.15) is 5.82 Å². The molecule has 6 nitrogen and oxygen atoms in total. The second-order valence-corrected chi connectivity index (χ2v) is 6.63. The van der Waals surface area contributed by atoms with Crippen LogP contribution in [-0.2, 0) is 6.54 Å². The van der Waals surface area contributed by atoms with Gasteiger partial charge in [0.05, 0.1) is 6.54 Å². The van der Waals surface area contributed by atoms with Gasteiger partial charge in [-0.05, 0) is 39.8 Å². The van der Waals surface area contributed by atoms with Crippen LogP contribution >= 0.6 is 0 Å². The number of aromatic nitrogens is 4. The molecule has 0 unspecified atom stereocenters. The van der Waals surface area contributed by atoms with Gasteiger partial charge in [0.25, 0.3) is 5.78 Å². The van der Waals surface area contributed by atoms with Crippen LogP contribution in [0.25, 0.3) is 5.78 Å². The first kappa shape index (κ1) is 16.2. The molecular formula is C17H28N6. The minimum atomic E-state index is 0.726. The van der Waals surface area contributed by atoms with Crippen molar-refractivity contribution in [2.24, 2.45) is 0 Å². The van der Waals surface area contributed by atoms with Gasteiger partial charge in [0.15, 0.2) is 5.82 Å². The highest BCUT2D eigenvalue weighted by molar-refractivity contribution is 5.47. The molecule has 0 aliphatic carbocycles. The van der Waals surface area contributed by atoms with Crippen molar-refractivity contribution in [2.45, 2.75) is 52.5 Å². The van der Waals surface area contributed by atoms with Gasteiger partial charge < -0.3 is 4.90 Å². The topological polar surface area (TPSA) is 49.6 Å². The van der Waals surface area contributed by atoms with Crippen molar-refractivity contribution in [2.75, 3.05) is 31.6 Å². The molecule has 1 aliphatic heterocycles. The average molecular weight is 316 g/mol. The lowest BCUT2D eigenvalue weighted by Crippen LogP contribution is -2.26. The van der Waals surface area contributed by atoms with Gasteiger partial charge in [-0.3, -0.25) is 4.90 Å². The Hall–Kier alpha value is -1.69. The second-order valence-electron chi connectivity index (χ2n) is 6.63. The molecule has 0 amide bonds. The Bertz CT molecular complexity index is 642. The third kappa shape index (κ3) is 3.80. The summed E-state index contributed by atoms with van der Waals surface area (Å²) in [5.41, 5.74) is 1.01. The van der Waals surface area contributed by atoms with Crippen LogP contribution in [0.1, 0.15) is 50.5 Å². The van der Waals surface area contributed by atoms with Crippen molar-refractivity contribution < 1.29 is 0 Å². The fourth-order valence-corrected chi connectivity index (χ4v) is 3.30. The summed E-state index contributed by atoms with van der Waals surface area (Å²) >= 11 is 0. The first-order chi connectivity index (χ1) is 11.2. The van der Waals surface area contributed by atoms with E-state index in [2.05, 4.69) is 39.8 Å². The maximum Gasteiger partial charge on any atom is 0.254 e. The monoisotopic (exact) mass is 316 g/mol. The van der Waals surface area contributed by atoms with Gasteiger partial charge in [0.2, 0.25) is 0 Å². The van der Waals surface area contributed by atoms with Crippen LogP contribution in [0.5, 0.6) is 0 Å². The molecule has 6 heteroatoms. The van der Waals surface area contributed by atoms with Crippen LogP contribution in [0.15, 0.2) is 6.07 Å². The molecule has 1 aliphatic rings. The van der Waals surface area contributed by atoms with Gasteiger partial charge >= 0.3 is 0 Å². The van der Waals surface area contributed by atoms with Gasteiger partial charge in [0, 0.05) is 24.8 Å². The van der Waals surface area contributed by atoms with Crippen molar-refractivity contribution >= 4 is 11.6 Å². The van der Waals surface area contributed by atoms with E-state index in [1.807, 2.05) is 11.4 Å². The van der Waals surface area contributed by atoms with Crippen LogP contribution in [0.4, 0.5) is 5.82 Å². The molecule has 3 rings (SSSR count). The van der Waals surface area contributed by atoms with Crippen molar-refractivity contribution in [1.29, 1.82) is 0 Å². The molecule has 0 N–H and O–H groups in total. The maximum absolute atomic E-state index is 4.74. The van der Waals surface area contributed by atoms with Gasteiger partial charge in [-0.25, -0.2) is 4.98 Å². The highest BCUT2D eigenvalue weighted by Crippen LogP contribution is 2.21. The molecule has 0 bridgehead atoms. The molecule has 23 heavy (non-hydrogen) atoms. The van der Waals surface area contributed by atoms with Crippen LogP contribution in [-0.4, -0.2) is 51.2 Å². The Morgan fingerprint density at radius 1 is 1.13 bits per heavy atom. The molecular weight excluding hydrogens is 288 g/mol. The minimum Gasteiger partial charge on any atom is -0.356 e. The largest absolute Gasteiger partial charge is 0.356 e. The fraction of sp³-hybridized carbons (Fsp3) is 0.706. The standard InChI is InChI=1S/C17H28N6/c1-4-9-21(3)13-15-19-17-18-14(2)12-16(23(17)20-15)22-10-7-5-6-8-11-22/h12H,4-11,13H2,1-3H3. The van der Waals surface area contributed by atoms with E-state index in [9.17, 15) is 0 Å². The van der Waals surface area contributed by atoms with Gasteiger partial charge in [-0.1, -0.05) is 19.8 Å². The fourth-order valence-electron chi connectivity index (χ4n) is 3.30. The quantitative estimate of drug-likeness (QED) is 0.849. The van der Waals surface area contributed by atoms with E-state index in [0.717, 1.165) is 55.7 Å². The van der Waals surface area contributed by atoms with E-state index in [1.54, 1.807) is 0 Å². The van der Waals surface area contributed by atoms with Crippen LogP contribution in [0.3, 0.4) is 0 Å². The number of hydrogen-bond acceptors (Lipinski definition) is 5. The average Bonchev–Trinajstić information content (AvgIpc) is 2.72. The summed E-state index contributed by atoms with van der Waals surface area (Å²) in [5.74, 6) is 2.73. The van der Waals surface area contributed by atoms with E-state index in [1.165, 1.54) is 25.7 Å². The Labute approximate surface area is 138 Å². The summed E-state index contributed by atoms with van der Waals surface area (Å²) in [6.45, 7) is 8.26. The molecule has 0 radical (unpaired) electrons. The van der Waals surface area contributed by atoms with Crippen LogP contribution in [0.2, 0.25) is 0 Å². The molecule has 2 aromatic rings. The third-order valence-corrected chi connectivity index (χ3v) is 4.41. The van der Waals surface area contributed by atoms with Gasteiger partial charge in [-0.2, -0.15) is 9.50 Å². The molecule has 0 atom stereocenters. The number of anilines is 1. The molecule has 0 saturated carbocycles. The van der Waals surface area contributed by atoms with Crippen molar-refractivity contribution in [3.8, 4) is 0 Å². The lowest BCUT2D eigenvalue weighted by molar-refractivity contribution is 0.319. The Morgan fingerprint density at radius 2 is 1.87 bits per heavy atom. The van der Waals surface area contributed by atoms with E-state index >= 15 is 0 Å². The Kier molecular flexibility index (Phi) is 5.10. The maximum atomic E-state index is 4.74. The summed E-state index contributed by atoms with van der Waals surface area (Å²) in [6, 6.07) is 2.15. The summed E-state index contributed by atoms with van der Waals surface area (Å²) in [4.78, 5) is 13.9. The SMILES string of the molecule is CCCN(C)Cc1nc2nc(C)cc(N3CCCCCC3)n2n1. The zero-order valence-corrected chi connectivity index (χ0v) is 14.6. The van der Waals surface area contributed by atoms with Crippen molar-refractivity contribution in [3.63, 3.8) is 0 Å². The molecule has 2 aromatic heterocycles. The Morgan fingerprint density at radius 3 is 2.57 bits per heavy atom. The first-order valence-electron chi connectivity index (χ1n) is 8.84. The summed E-state index contributed by atoms with van der Waals surface area (Å²) in [6.07, 6.45) is 6.30. The smallest absolute Gasteiger partial charge is 0.254 e. The molecule has 0 aromatic carbocycles. The van der Waals surface area contributed by atoms with Crippen molar-refractivity contribution in [3.05, 3.63) is 17.6 Å². The normalized spacial score (nSPS) is 16.3. The number of nitrogens with zero attached hydrogens (tertiary/aromatic N) is 6. The number of aryl methyl sites for hydroxylation is 1. The van der Waals surface area contributed by atoms with Crippen molar-refractivity contribution in [1.82, 2.24) is 24.5 Å². The summed E-state index contributed by atoms with van der Waals surface area (Å²) < 4.78 is 1.94. The highest BCUT2D eigenvalue weighted by atomic mass is 15.4. The number of rotatable bonds is 5. The predicted molar refractivity (Wildman–Crippen MR) is 92.8 cm³/mol. The van der Waals surface area contributed by atoms with E-state index < -0.39 is 0 Å². The van der Waals surface area contributed by atoms with E-state index in [4.69, 9.17) is 5.10 Å². The lowest BCUT2D eigenvalue weighted by atomic mass is 10.2. The number of hydrogen-bond donors (Lipinski definition) is 0. The van der Waals surface area contributed by atoms with E-state index in [-0.39, 0.29) is 0 Å². The molecule has 1 saturated heterocycles. The minimum absolute atomic E-state index is 0.726. The summed E-state index contributed by atoms with van der Waals surface area (Å²) in [5, 5.41) is 4.74. The van der Waals surface area contributed by atoms with Gasteiger partial charge in [-0.15, -0.1) is 5.10 Å². The number of fused-ring (bicyclic) bond motifs is 1. The highest BCUT2D eigenvalue weighted by Gasteiger charge is 2.17. The van der Waals surface area contributed by atoms with E-state index in [0.29, 0.717) is 0 Å². The van der Waals surface area contributed by atoms with Crippen LogP contribution < -0.4 is 4.90 Å². The zero-order valence-electron chi connectivity index (χ0n) is 14.6.